The smallest absolute Gasteiger partial charge is 0.0628 e. The summed E-state index contributed by atoms with van der Waals surface area (Å²) in [7, 11) is 1.83. The Kier molecular flexibility index (Phi) is 8.88. The van der Waals surface area contributed by atoms with Crippen molar-refractivity contribution in [2.45, 2.75) is 27.7 Å². The molecule has 0 atom stereocenters. The summed E-state index contributed by atoms with van der Waals surface area (Å²) in [5.74, 6) is 0. The molecule has 0 aromatic heterocycles. The predicted molar refractivity (Wildman–Crippen MR) is 64.2 cm³/mol. The molecule has 0 aliphatic carbocycles. The van der Waals surface area contributed by atoms with E-state index in [0.29, 0.717) is 5.70 Å². The predicted octanol–water partition coefficient (Wildman–Crippen LogP) is 3.05. The van der Waals surface area contributed by atoms with Crippen molar-refractivity contribution in [3.63, 3.8) is 0 Å². The molecule has 0 aliphatic rings. The minimum atomic E-state index is 0.706. The molecular formula is C11H21N3. The Morgan fingerprint density at radius 1 is 1.14 bits per heavy atom. The molecular weight excluding hydrogens is 174 g/mol. The topological polar surface area (TPSA) is 50.9 Å². The fraction of sp³-hybridized carbons (Fsp3) is 0.455. The number of hydrogen-bond acceptors (Lipinski definition) is 3. The maximum Gasteiger partial charge on any atom is 0.0628 e. The minimum absolute atomic E-state index is 0.706. The lowest BCUT2D eigenvalue weighted by Crippen LogP contribution is -2.17. The van der Waals surface area contributed by atoms with Crippen LogP contribution in [-0.2, 0) is 0 Å². The van der Waals surface area contributed by atoms with E-state index >= 15 is 0 Å². The van der Waals surface area contributed by atoms with Gasteiger partial charge in [0, 0.05) is 25.2 Å². The van der Waals surface area contributed by atoms with Crippen LogP contribution < -0.4 is 0 Å². The Balaban J connectivity index is 0. The van der Waals surface area contributed by atoms with E-state index < -0.39 is 0 Å². The van der Waals surface area contributed by atoms with Crippen molar-refractivity contribution >= 4 is 12.4 Å². The first-order valence-corrected chi connectivity index (χ1v) is 4.65. The van der Waals surface area contributed by atoms with Crippen LogP contribution in [0.2, 0.25) is 0 Å². The molecule has 3 heteroatoms. The first-order valence-electron chi connectivity index (χ1n) is 4.65. The van der Waals surface area contributed by atoms with E-state index in [2.05, 4.69) is 6.58 Å². The van der Waals surface area contributed by atoms with Crippen molar-refractivity contribution in [1.29, 1.82) is 10.8 Å². The number of rotatable bonds is 4. The number of allylic oxidation sites excluding steroid dienone is 3. The number of nitrogens with zero attached hydrogens (tertiary/aromatic N) is 1. The standard InChI is InChI=1S/C9H15N3.C2H6/c1-7(2)12(4)9(6-11)8(3)5-10;1-2/h5-6,10-11H,1H2,2-4H3;1-2H3/b9-8+,10-5?,11-6?;. The van der Waals surface area contributed by atoms with Crippen molar-refractivity contribution in [2.75, 3.05) is 7.05 Å². The van der Waals surface area contributed by atoms with Gasteiger partial charge in [0.2, 0.25) is 0 Å². The van der Waals surface area contributed by atoms with Crippen LogP contribution in [0.5, 0.6) is 0 Å². The second-order valence-electron chi connectivity index (χ2n) is 2.65. The Morgan fingerprint density at radius 2 is 1.57 bits per heavy atom. The first kappa shape index (κ1) is 15.1. The van der Waals surface area contributed by atoms with Gasteiger partial charge in [-0.15, -0.1) is 0 Å². The van der Waals surface area contributed by atoms with Crippen molar-refractivity contribution in [2.24, 2.45) is 0 Å². The lowest BCUT2D eigenvalue weighted by atomic mass is 10.2. The highest BCUT2D eigenvalue weighted by Gasteiger charge is 2.04. The summed E-state index contributed by atoms with van der Waals surface area (Å²) < 4.78 is 0. The largest absolute Gasteiger partial charge is 0.348 e. The third-order valence-electron chi connectivity index (χ3n) is 1.69. The SMILES string of the molecule is C=C(C)N(C)/C(C=N)=C(\C)C=N.CC. The molecule has 0 aromatic carbocycles. The van der Waals surface area contributed by atoms with Crippen LogP contribution in [0, 0.1) is 10.8 Å². The highest BCUT2D eigenvalue weighted by Crippen LogP contribution is 2.09. The molecule has 0 aromatic rings. The highest BCUT2D eigenvalue weighted by molar-refractivity contribution is 5.88. The molecule has 0 fully saturated rings. The summed E-state index contributed by atoms with van der Waals surface area (Å²) in [6.07, 6.45) is 2.47. The Morgan fingerprint density at radius 3 is 1.79 bits per heavy atom. The van der Waals surface area contributed by atoms with Gasteiger partial charge in [-0.05, 0) is 19.4 Å². The van der Waals surface area contributed by atoms with Crippen LogP contribution >= 0.6 is 0 Å². The molecule has 0 amide bonds. The molecule has 0 saturated heterocycles. The van der Waals surface area contributed by atoms with Crippen LogP contribution in [0.3, 0.4) is 0 Å². The van der Waals surface area contributed by atoms with Crippen molar-refractivity contribution in [3.8, 4) is 0 Å². The summed E-state index contributed by atoms with van der Waals surface area (Å²) in [5, 5.41) is 14.2. The molecule has 0 radical (unpaired) electrons. The van der Waals surface area contributed by atoms with E-state index in [-0.39, 0.29) is 0 Å². The second-order valence-corrected chi connectivity index (χ2v) is 2.65. The summed E-state index contributed by atoms with van der Waals surface area (Å²) >= 11 is 0. The van der Waals surface area contributed by atoms with Gasteiger partial charge in [0.15, 0.2) is 0 Å². The quantitative estimate of drug-likeness (QED) is 0.665. The first-order chi connectivity index (χ1) is 6.54. The Labute approximate surface area is 87.1 Å². The molecule has 0 bridgehead atoms. The fourth-order valence-corrected chi connectivity index (χ4v) is 0.755. The zero-order chi connectivity index (χ0) is 11.7. The molecule has 0 heterocycles. The monoisotopic (exact) mass is 195 g/mol. The van der Waals surface area contributed by atoms with E-state index in [1.54, 1.807) is 11.8 Å². The third-order valence-corrected chi connectivity index (χ3v) is 1.69. The van der Waals surface area contributed by atoms with Gasteiger partial charge in [0.25, 0.3) is 0 Å². The van der Waals surface area contributed by atoms with Crippen LogP contribution in [-0.4, -0.2) is 24.4 Å². The van der Waals surface area contributed by atoms with Gasteiger partial charge in [-0.25, -0.2) is 0 Å². The van der Waals surface area contributed by atoms with E-state index in [0.717, 1.165) is 11.3 Å². The summed E-state index contributed by atoms with van der Waals surface area (Å²) in [6, 6.07) is 0. The van der Waals surface area contributed by atoms with Crippen LogP contribution in [0.25, 0.3) is 0 Å². The average molecular weight is 195 g/mol. The van der Waals surface area contributed by atoms with Crippen LogP contribution in [0.1, 0.15) is 27.7 Å². The normalized spacial score (nSPS) is 10.4. The maximum absolute atomic E-state index is 7.15. The van der Waals surface area contributed by atoms with Gasteiger partial charge in [-0.1, -0.05) is 20.4 Å². The van der Waals surface area contributed by atoms with E-state index in [1.807, 2.05) is 27.8 Å². The summed E-state index contributed by atoms with van der Waals surface area (Å²) in [5.41, 5.74) is 2.32. The van der Waals surface area contributed by atoms with Gasteiger partial charge >= 0.3 is 0 Å². The molecule has 0 saturated carbocycles. The zero-order valence-corrected chi connectivity index (χ0v) is 9.81. The van der Waals surface area contributed by atoms with Crippen molar-refractivity contribution in [3.05, 3.63) is 23.5 Å². The van der Waals surface area contributed by atoms with Crippen molar-refractivity contribution < 1.29 is 0 Å². The lowest BCUT2D eigenvalue weighted by Gasteiger charge is -2.20. The zero-order valence-electron chi connectivity index (χ0n) is 9.81. The molecule has 0 spiro atoms. The van der Waals surface area contributed by atoms with E-state index in [1.165, 1.54) is 12.4 Å². The molecule has 14 heavy (non-hydrogen) atoms. The Bertz CT molecular complexity index is 239. The molecule has 0 unspecified atom stereocenters. The number of hydrogen-bond donors (Lipinski definition) is 2. The van der Waals surface area contributed by atoms with E-state index in [9.17, 15) is 0 Å². The third kappa shape index (κ3) is 4.60. The Hall–Kier alpha value is -1.38. The lowest BCUT2D eigenvalue weighted by molar-refractivity contribution is 0.548. The average Bonchev–Trinajstić information content (AvgIpc) is 2.21. The molecule has 2 N–H and O–H groups in total. The van der Waals surface area contributed by atoms with Crippen LogP contribution in [0.15, 0.2) is 23.5 Å². The van der Waals surface area contributed by atoms with Gasteiger partial charge in [0.05, 0.1) is 5.70 Å². The highest BCUT2D eigenvalue weighted by atomic mass is 15.1. The van der Waals surface area contributed by atoms with Gasteiger partial charge in [0.1, 0.15) is 0 Å². The summed E-state index contributed by atoms with van der Waals surface area (Å²) in [6.45, 7) is 11.4. The van der Waals surface area contributed by atoms with Gasteiger partial charge < -0.3 is 15.7 Å². The summed E-state index contributed by atoms with van der Waals surface area (Å²) in [4.78, 5) is 1.79. The maximum atomic E-state index is 7.15. The minimum Gasteiger partial charge on any atom is -0.348 e. The van der Waals surface area contributed by atoms with Gasteiger partial charge in [-0.3, -0.25) is 0 Å². The fourth-order valence-electron chi connectivity index (χ4n) is 0.755. The van der Waals surface area contributed by atoms with Crippen molar-refractivity contribution in [1.82, 2.24) is 4.90 Å². The molecule has 3 nitrogen and oxygen atoms in total. The molecule has 80 valence electrons. The molecule has 0 aliphatic heterocycles. The van der Waals surface area contributed by atoms with E-state index in [4.69, 9.17) is 10.8 Å². The van der Waals surface area contributed by atoms with Gasteiger partial charge in [-0.2, -0.15) is 0 Å². The second kappa shape index (κ2) is 8.23. The van der Waals surface area contributed by atoms with Crippen LogP contribution in [0.4, 0.5) is 0 Å². The number of nitrogens with one attached hydrogen (secondary N) is 2. The molecule has 0 rings (SSSR count).